The topological polar surface area (TPSA) is 77.5 Å². The molecule has 2 aromatic carbocycles. The molecule has 0 radical (unpaired) electrons. The van der Waals surface area contributed by atoms with E-state index in [1.165, 1.54) is 0 Å². The number of methoxy groups -OCH3 is 1. The van der Waals surface area contributed by atoms with Gasteiger partial charge < -0.3 is 14.8 Å². The summed E-state index contributed by atoms with van der Waals surface area (Å²) in [6.45, 7) is -0.286. The van der Waals surface area contributed by atoms with E-state index in [1.54, 1.807) is 43.5 Å². The predicted molar refractivity (Wildman–Crippen MR) is 110 cm³/mol. The summed E-state index contributed by atoms with van der Waals surface area (Å²) in [5.74, 6) is -0.253. The number of amides is 1. The van der Waals surface area contributed by atoms with Crippen molar-refractivity contribution in [3.8, 4) is 5.75 Å². The smallest absolute Gasteiger partial charge is 0.325 e. The number of aromatic nitrogens is 1. The molecule has 0 bridgehead atoms. The molecule has 1 amide bonds. The van der Waals surface area contributed by atoms with Gasteiger partial charge in [0.2, 0.25) is 0 Å². The van der Waals surface area contributed by atoms with E-state index in [2.05, 4.69) is 26.2 Å². The Morgan fingerprint density at radius 3 is 2.61 bits per heavy atom. The number of nitrogens with zero attached hydrogens (tertiary/aromatic N) is 1. The van der Waals surface area contributed by atoms with Crippen LogP contribution in [0.25, 0.3) is 10.9 Å². The van der Waals surface area contributed by atoms with Crippen molar-refractivity contribution in [3.63, 3.8) is 0 Å². The molecule has 144 valence electrons. The maximum absolute atomic E-state index is 12.0. The van der Waals surface area contributed by atoms with Gasteiger partial charge in [-0.3, -0.25) is 9.59 Å². The Labute approximate surface area is 174 Å². The second-order valence-corrected chi connectivity index (χ2v) is 7.12. The van der Waals surface area contributed by atoms with E-state index in [0.717, 1.165) is 9.86 Å². The van der Waals surface area contributed by atoms with Gasteiger partial charge in [0.1, 0.15) is 24.1 Å². The molecule has 1 heterocycles. The van der Waals surface area contributed by atoms with Crippen LogP contribution < -0.4 is 10.1 Å². The van der Waals surface area contributed by atoms with E-state index in [4.69, 9.17) is 21.1 Å². The van der Waals surface area contributed by atoms with E-state index < -0.39 is 5.97 Å². The SMILES string of the molecule is COc1ccc2cc(COC(=O)CNC(=O)c3ccc(Br)cc3)c(Cl)nc2c1. The first-order valence-corrected chi connectivity index (χ1v) is 9.46. The summed E-state index contributed by atoms with van der Waals surface area (Å²) >= 11 is 9.49. The average Bonchev–Trinajstić information content (AvgIpc) is 2.70. The van der Waals surface area contributed by atoms with E-state index >= 15 is 0 Å². The Morgan fingerprint density at radius 2 is 1.89 bits per heavy atom. The number of carbonyl (C=O) groups is 2. The van der Waals surface area contributed by atoms with Gasteiger partial charge in [-0.2, -0.15) is 0 Å². The van der Waals surface area contributed by atoms with Gasteiger partial charge in [-0.25, -0.2) is 4.98 Å². The molecule has 0 saturated carbocycles. The summed E-state index contributed by atoms with van der Waals surface area (Å²) in [7, 11) is 1.58. The van der Waals surface area contributed by atoms with Gasteiger partial charge in [0.25, 0.3) is 5.91 Å². The molecule has 0 aliphatic heterocycles. The van der Waals surface area contributed by atoms with Crippen molar-refractivity contribution in [1.29, 1.82) is 0 Å². The van der Waals surface area contributed by atoms with Crippen LogP contribution in [0.1, 0.15) is 15.9 Å². The molecule has 3 rings (SSSR count). The van der Waals surface area contributed by atoms with Crippen LogP contribution >= 0.6 is 27.5 Å². The highest BCUT2D eigenvalue weighted by Crippen LogP contribution is 2.24. The van der Waals surface area contributed by atoms with Crippen molar-refractivity contribution < 1.29 is 19.1 Å². The monoisotopic (exact) mass is 462 g/mol. The van der Waals surface area contributed by atoms with Crippen LogP contribution in [-0.4, -0.2) is 30.5 Å². The van der Waals surface area contributed by atoms with Crippen molar-refractivity contribution in [2.24, 2.45) is 0 Å². The summed E-state index contributed by atoms with van der Waals surface area (Å²) in [5, 5.41) is 3.61. The first-order valence-electron chi connectivity index (χ1n) is 8.29. The lowest BCUT2D eigenvalue weighted by Gasteiger charge is -2.09. The lowest BCUT2D eigenvalue weighted by Crippen LogP contribution is -2.30. The van der Waals surface area contributed by atoms with Crippen LogP contribution in [0.5, 0.6) is 5.75 Å². The number of ether oxygens (including phenoxy) is 2. The third-order valence-electron chi connectivity index (χ3n) is 3.94. The molecule has 0 saturated heterocycles. The first kappa shape index (κ1) is 20.1. The minimum Gasteiger partial charge on any atom is -0.497 e. The molecule has 0 fully saturated rings. The minimum absolute atomic E-state index is 0.0409. The summed E-state index contributed by atoms with van der Waals surface area (Å²) in [5.41, 5.74) is 1.71. The molecule has 0 aliphatic carbocycles. The molecular formula is C20H16BrClN2O4. The number of halogens is 2. The van der Waals surface area contributed by atoms with Gasteiger partial charge in [-0.05, 0) is 42.5 Å². The number of hydrogen-bond donors (Lipinski definition) is 1. The minimum atomic E-state index is -0.573. The van der Waals surface area contributed by atoms with E-state index in [9.17, 15) is 9.59 Å². The highest BCUT2D eigenvalue weighted by atomic mass is 79.9. The predicted octanol–water partition coefficient (Wildman–Crippen LogP) is 4.13. The summed E-state index contributed by atoms with van der Waals surface area (Å²) in [6, 6.07) is 14.0. The van der Waals surface area contributed by atoms with Crippen molar-refractivity contribution in [2.45, 2.75) is 6.61 Å². The second-order valence-electron chi connectivity index (χ2n) is 5.85. The maximum Gasteiger partial charge on any atom is 0.325 e. The Morgan fingerprint density at radius 1 is 1.14 bits per heavy atom. The van der Waals surface area contributed by atoms with Crippen molar-refractivity contribution in [1.82, 2.24) is 10.3 Å². The van der Waals surface area contributed by atoms with Crippen LogP contribution in [0.4, 0.5) is 0 Å². The first-order chi connectivity index (χ1) is 13.5. The maximum atomic E-state index is 12.0. The van der Waals surface area contributed by atoms with E-state index in [0.29, 0.717) is 22.4 Å². The van der Waals surface area contributed by atoms with Gasteiger partial charge in [-0.1, -0.05) is 27.5 Å². The van der Waals surface area contributed by atoms with Gasteiger partial charge >= 0.3 is 5.97 Å². The summed E-state index contributed by atoms with van der Waals surface area (Å²) in [4.78, 5) is 28.3. The number of carbonyl (C=O) groups excluding carboxylic acids is 2. The van der Waals surface area contributed by atoms with Crippen LogP contribution in [0.3, 0.4) is 0 Å². The number of pyridine rings is 1. The Balaban J connectivity index is 1.57. The lowest BCUT2D eigenvalue weighted by molar-refractivity contribution is -0.143. The van der Waals surface area contributed by atoms with Crippen molar-refractivity contribution in [3.05, 3.63) is 69.3 Å². The Bertz CT molecular complexity index is 1020. The van der Waals surface area contributed by atoms with Gasteiger partial charge in [0.05, 0.1) is 12.6 Å². The summed E-state index contributed by atoms with van der Waals surface area (Å²) in [6.07, 6.45) is 0. The molecule has 0 atom stereocenters. The van der Waals surface area contributed by atoms with Crippen molar-refractivity contribution in [2.75, 3.05) is 13.7 Å². The van der Waals surface area contributed by atoms with Crippen molar-refractivity contribution >= 4 is 50.3 Å². The van der Waals surface area contributed by atoms with E-state index in [1.807, 2.05) is 12.1 Å². The summed E-state index contributed by atoms with van der Waals surface area (Å²) < 4.78 is 11.2. The number of benzene rings is 2. The zero-order valence-electron chi connectivity index (χ0n) is 14.9. The number of nitrogens with one attached hydrogen (secondary N) is 1. The zero-order valence-corrected chi connectivity index (χ0v) is 17.2. The van der Waals surface area contributed by atoms with E-state index in [-0.39, 0.29) is 24.2 Å². The van der Waals surface area contributed by atoms with Gasteiger partial charge in [0, 0.05) is 27.1 Å². The number of esters is 1. The fourth-order valence-corrected chi connectivity index (χ4v) is 2.92. The van der Waals surface area contributed by atoms with Crippen LogP contribution in [0.2, 0.25) is 5.15 Å². The Kier molecular flexibility index (Phi) is 6.49. The molecule has 8 heteroatoms. The standard InChI is InChI=1S/C20H16BrClN2O4/c1-27-16-7-4-13-8-14(19(22)24-17(13)9-16)11-28-18(25)10-23-20(26)12-2-5-15(21)6-3-12/h2-9H,10-11H2,1H3,(H,23,26). The van der Waals surface area contributed by atoms with Gasteiger partial charge in [-0.15, -0.1) is 0 Å². The highest BCUT2D eigenvalue weighted by molar-refractivity contribution is 9.10. The largest absolute Gasteiger partial charge is 0.497 e. The van der Waals surface area contributed by atoms with Crippen LogP contribution in [0, 0.1) is 0 Å². The average molecular weight is 464 g/mol. The van der Waals surface area contributed by atoms with Crippen LogP contribution in [0.15, 0.2) is 53.0 Å². The molecule has 0 unspecified atom stereocenters. The fraction of sp³-hybridized carbons (Fsp3) is 0.150. The third kappa shape index (κ3) is 4.99. The number of hydrogen-bond acceptors (Lipinski definition) is 5. The molecule has 6 nitrogen and oxygen atoms in total. The Hall–Kier alpha value is -2.64. The molecule has 1 N–H and O–H groups in total. The molecule has 0 spiro atoms. The molecule has 3 aromatic rings. The quantitative estimate of drug-likeness (QED) is 0.439. The highest BCUT2D eigenvalue weighted by Gasteiger charge is 2.11. The molecule has 1 aromatic heterocycles. The van der Waals surface area contributed by atoms with Gasteiger partial charge in [0.15, 0.2) is 0 Å². The fourth-order valence-electron chi connectivity index (χ4n) is 2.46. The second kappa shape index (κ2) is 9.03. The normalized spacial score (nSPS) is 10.5. The van der Waals surface area contributed by atoms with Crippen LogP contribution in [-0.2, 0) is 16.1 Å². The number of fused-ring (bicyclic) bond motifs is 1. The number of rotatable bonds is 6. The lowest BCUT2D eigenvalue weighted by atomic mass is 10.1. The molecule has 28 heavy (non-hydrogen) atoms. The zero-order chi connectivity index (χ0) is 20.1. The molecule has 0 aliphatic rings. The molecular weight excluding hydrogens is 448 g/mol. The third-order valence-corrected chi connectivity index (χ3v) is 4.80.